The highest BCUT2D eigenvalue weighted by atomic mass is 79.9. The number of thiol groups is 1. The molecule has 7 heavy (non-hydrogen) atoms. The second kappa shape index (κ2) is 4.94. The molecule has 0 aromatic rings. The van der Waals surface area contributed by atoms with E-state index in [1.807, 2.05) is 0 Å². The summed E-state index contributed by atoms with van der Waals surface area (Å²) in [7, 11) is 0. The molecule has 3 heteroatoms. The molecule has 0 heterocycles. The Morgan fingerprint density at radius 1 is 1.71 bits per heavy atom. The van der Waals surface area contributed by atoms with E-state index in [-0.39, 0.29) is 0 Å². The summed E-state index contributed by atoms with van der Waals surface area (Å²) in [6, 6.07) is 0. The van der Waals surface area contributed by atoms with Gasteiger partial charge in [0.2, 0.25) is 0 Å². The Bertz CT molecular complexity index is 40.7. The monoisotopic (exact) mass is 184 g/mol. The first kappa shape index (κ1) is 7.79. The summed E-state index contributed by atoms with van der Waals surface area (Å²) in [5.41, 5.74) is -0.433. The number of rotatable bonds is 3. The lowest BCUT2D eigenvalue weighted by atomic mass is 10.4. The molecule has 0 aromatic carbocycles. The average Bonchev–Trinajstić information content (AvgIpc) is 1.61. The molecule has 1 atom stereocenters. The molecule has 0 aromatic heterocycles. The van der Waals surface area contributed by atoms with Crippen molar-refractivity contribution in [2.45, 2.75) is 18.3 Å². The topological polar surface area (TPSA) is 20.2 Å². The normalized spacial score (nSPS) is 14.1. The molecule has 0 aliphatic carbocycles. The zero-order chi connectivity index (χ0) is 5.70. The summed E-state index contributed by atoms with van der Waals surface area (Å²) in [5.74, 6) is 0. The van der Waals surface area contributed by atoms with E-state index in [4.69, 9.17) is 5.11 Å². The number of aliphatic hydroxyl groups excluding tert-OH is 1. The van der Waals surface area contributed by atoms with E-state index in [0.29, 0.717) is 0 Å². The van der Waals surface area contributed by atoms with Crippen LogP contribution >= 0.6 is 28.6 Å². The third kappa shape index (κ3) is 6.79. The van der Waals surface area contributed by atoms with Gasteiger partial charge in [-0.1, -0.05) is 15.9 Å². The van der Waals surface area contributed by atoms with Crippen molar-refractivity contribution in [3.63, 3.8) is 0 Å². The van der Waals surface area contributed by atoms with E-state index in [9.17, 15) is 0 Å². The van der Waals surface area contributed by atoms with Gasteiger partial charge < -0.3 is 5.11 Å². The molecule has 0 saturated heterocycles. The van der Waals surface area contributed by atoms with Crippen LogP contribution in [-0.2, 0) is 0 Å². The number of alkyl halides is 1. The fraction of sp³-hybridized carbons (Fsp3) is 1.00. The molecular formula is C4H9BrOS. The first-order chi connectivity index (χ1) is 3.27. The van der Waals surface area contributed by atoms with Crippen LogP contribution in [0.4, 0.5) is 0 Å². The van der Waals surface area contributed by atoms with Crippen molar-refractivity contribution in [1.82, 2.24) is 0 Å². The Hall–Kier alpha value is 0.790. The summed E-state index contributed by atoms with van der Waals surface area (Å²) in [4.78, 5) is 0. The van der Waals surface area contributed by atoms with Crippen molar-refractivity contribution < 1.29 is 5.11 Å². The van der Waals surface area contributed by atoms with E-state index in [1.165, 1.54) is 0 Å². The molecule has 44 valence electrons. The van der Waals surface area contributed by atoms with E-state index in [1.54, 1.807) is 0 Å². The Labute approximate surface area is 57.7 Å². The second-order valence-corrected chi connectivity index (χ2v) is 2.70. The van der Waals surface area contributed by atoms with E-state index < -0.39 is 5.44 Å². The molecule has 0 aliphatic rings. The SMILES string of the molecule is OC(S)CCCBr. The maximum atomic E-state index is 8.53. The first-order valence-corrected chi connectivity index (χ1v) is 3.83. The van der Waals surface area contributed by atoms with Gasteiger partial charge in [-0.05, 0) is 12.8 Å². The Kier molecular flexibility index (Phi) is 5.49. The quantitative estimate of drug-likeness (QED) is 0.387. The lowest BCUT2D eigenvalue weighted by Crippen LogP contribution is -1.94. The highest BCUT2D eigenvalue weighted by Crippen LogP contribution is 2.01. The molecule has 1 N–H and O–H groups in total. The predicted molar refractivity (Wildman–Crippen MR) is 38.0 cm³/mol. The minimum atomic E-state index is -0.433. The van der Waals surface area contributed by atoms with Gasteiger partial charge in [0.05, 0.1) is 5.44 Å². The maximum absolute atomic E-state index is 8.53. The lowest BCUT2D eigenvalue weighted by Gasteiger charge is -1.96. The van der Waals surface area contributed by atoms with Gasteiger partial charge in [0.15, 0.2) is 0 Å². The third-order valence-electron chi connectivity index (χ3n) is 0.596. The third-order valence-corrected chi connectivity index (χ3v) is 1.41. The average molecular weight is 185 g/mol. The van der Waals surface area contributed by atoms with E-state index >= 15 is 0 Å². The largest absolute Gasteiger partial charge is 0.383 e. The standard InChI is InChI=1S/C4H9BrOS/c5-3-1-2-4(6)7/h4,6-7H,1-3H2. The number of halogens is 1. The lowest BCUT2D eigenvalue weighted by molar-refractivity contribution is 0.254. The zero-order valence-electron chi connectivity index (χ0n) is 3.97. The van der Waals surface area contributed by atoms with Gasteiger partial charge in [-0.3, -0.25) is 0 Å². The smallest absolute Gasteiger partial charge is 0.0964 e. The molecule has 0 fully saturated rings. The second-order valence-electron chi connectivity index (χ2n) is 1.31. The summed E-state index contributed by atoms with van der Waals surface area (Å²) < 4.78 is 0. The van der Waals surface area contributed by atoms with E-state index in [0.717, 1.165) is 18.2 Å². The zero-order valence-corrected chi connectivity index (χ0v) is 6.45. The van der Waals surface area contributed by atoms with Gasteiger partial charge in [-0.25, -0.2) is 0 Å². The number of hydrogen-bond donors (Lipinski definition) is 2. The summed E-state index contributed by atoms with van der Waals surface area (Å²) in [6.07, 6.45) is 1.76. The van der Waals surface area contributed by atoms with Crippen LogP contribution in [0.25, 0.3) is 0 Å². The van der Waals surface area contributed by atoms with Crippen LogP contribution in [0.2, 0.25) is 0 Å². The van der Waals surface area contributed by atoms with Crippen molar-refractivity contribution in [3.05, 3.63) is 0 Å². The molecule has 1 nitrogen and oxygen atoms in total. The molecule has 0 radical (unpaired) electrons. The summed E-state index contributed by atoms with van der Waals surface area (Å²) in [5, 5.41) is 9.48. The van der Waals surface area contributed by atoms with Gasteiger partial charge in [-0.2, -0.15) is 0 Å². The van der Waals surface area contributed by atoms with Gasteiger partial charge in [0.1, 0.15) is 0 Å². The van der Waals surface area contributed by atoms with E-state index in [2.05, 4.69) is 28.6 Å². The van der Waals surface area contributed by atoms with Crippen molar-refractivity contribution >= 4 is 28.6 Å². The fourth-order valence-corrected chi connectivity index (χ4v) is 0.766. The van der Waals surface area contributed by atoms with Crippen molar-refractivity contribution in [3.8, 4) is 0 Å². The number of hydrogen-bond acceptors (Lipinski definition) is 2. The summed E-state index contributed by atoms with van der Waals surface area (Å²) in [6.45, 7) is 0. The highest BCUT2D eigenvalue weighted by molar-refractivity contribution is 9.09. The van der Waals surface area contributed by atoms with Gasteiger partial charge >= 0.3 is 0 Å². The van der Waals surface area contributed by atoms with Crippen LogP contribution < -0.4 is 0 Å². The molecule has 0 saturated carbocycles. The molecule has 0 spiro atoms. The van der Waals surface area contributed by atoms with Crippen LogP contribution in [0, 0.1) is 0 Å². The van der Waals surface area contributed by atoms with Gasteiger partial charge in [0, 0.05) is 5.33 Å². The minimum Gasteiger partial charge on any atom is -0.383 e. The van der Waals surface area contributed by atoms with Gasteiger partial charge in [-0.15, -0.1) is 12.6 Å². The highest BCUT2D eigenvalue weighted by Gasteiger charge is 1.91. The Balaban J connectivity index is 2.68. The Morgan fingerprint density at radius 2 is 2.29 bits per heavy atom. The molecule has 0 amide bonds. The van der Waals surface area contributed by atoms with Crippen molar-refractivity contribution in [2.24, 2.45) is 0 Å². The van der Waals surface area contributed by atoms with Crippen molar-refractivity contribution in [1.29, 1.82) is 0 Å². The van der Waals surface area contributed by atoms with Crippen LogP contribution in [0.15, 0.2) is 0 Å². The molecule has 0 bridgehead atoms. The van der Waals surface area contributed by atoms with Crippen LogP contribution in [0.5, 0.6) is 0 Å². The van der Waals surface area contributed by atoms with Crippen molar-refractivity contribution in [2.75, 3.05) is 5.33 Å². The maximum Gasteiger partial charge on any atom is 0.0964 e. The number of aliphatic hydroxyl groups is 1. The minimum absolute atomic E-state index is 0.433. The van der Waals surface area contributed by atoms with Gasteiger partial charge in [0.25, 0.3) is 0 Å². The molecule has 0 rings (SSSR count). The van der Waals surface area contributed by atoms with Crippen LogP contribution in [0.1, 0.15) is 12.8 Å². The molecule has 1 unspecified atom stereocenters. The first-order valence-electron chi connectivity index (χ1n) is 2.19. The summed E-state index contributed by atoms with van der Waals surface area (Å²) >= 11 is 7.00. The molecule has 0 aliphatic heterocycles. The van der Waals surface area contributed by atoms with Crippen LogP contribution in [0.3, 0.4) is 0 Å². The molecular weight excluding hydrogens is 176 g/mol. The Morgan fingerprint density at radius 3 is 2.43 bits per heavy atom. The predicted octanol–water partition coefficient (Wildman–Crippen LogP) is 1.41. The fourth-order valence-electron chi connectivity index (χ4n) is 0.260. The van der Waals surface area contributed by atoms with Crippen LogP contribution in [-0.4, -0.2) is 15.9 Å².